The fourth-order valence-electron chi connectivity index (χ4n) is 1.89. The van der Waals surface area contributed by atoms with Crippen LogP contribution in [0.3, 0.4) is 0 Å². The number of aryl methyl sites for hydroxylation is 3. The summed E-state index contributed by atoms with van der Waals surface area (Å²) in [4.78, 5) is 4.45. The van der Waals surface area contributed by atoms with Gasteiger partial charge in [-0.15, -0.1) is 11.6 Å². The summed E-state index contributed by atoms with van der Waals surface area (Å²) >= 11 is 11.9. The number of halogens is 2. The molecule has 1 heterocycles. The minimum Gasteiger partial charge on any atom is -0.236 e. The van der Waals surface area contributed by atoms with Gasteiger partial charge in [0.05, 0.1) is 5.52 Å². The minimum absolute atomic E-state index is 0.603. The van der Waals surface area contributed by atoms with Gasteiger partial charge in [-0.1, -0.05) is 11.6 Å². The van der Waals surface area contributed by atoms with Crippen molar-refractivity contribution in [2.75, 3.05) is 5.88 Å². The second-order valence-corrected chi connectivity index (χ2v) is 5.10. The molecule has 1 aromatic heterocycles. The first-order valence-electron chi connectivity index (χ1n) is 5.74. The lowest BCUT2D eigenvalue weighted by Crippen LogP contribution is -1.93. The summed E-state index contributed by atoms with van der Waals surface area (Å²) in [6, 6.07) is 6.38. The molecule has 1 nitrogen and oxygen atoms in total. The first-order valence-corrected chi connectivity index (χ1v) is 6.65. The Morgan fingerprint density at radius 3 is 2.53 bits per heavy atom. The molecule has 0 bridgehead atoms. The van der Waals surface area contributed by atoms with Gasteiger partial charge in [-0.05, 0) is 61.6 Å². The van der Waals surface area contributed by atoms with Gasteiger partial charge in [0.1, 0.15) is 5.15 Å². The Balaban J connectivity index is 2.51. The highest BCUT2D eigenvalue weighted by Crippen LogP contribution is 2.24. The van der Waals surface area contributed by atoms with Crippen LogP contribution in [-0.2, 0) is 6.42 Å². The van der Waals surface area contributed by atoms with Gasteiger partial charge in [0, 0.05) is 11.3 Å². The van der Waals surface area contributed by atoms with Gasteiger partial charge in [-0.2, -0.15) is 0 Å². The highest BCUT2D eigenvalue weighted by atomic mass is 35.5. The predicted octanol–water partition coefficient (Wildman–Crippen LogP) is 4.68. The van der Waals surface area contributed by atoms with E-state index in [-0.39, 0.29) is 0 Å². The minimum atomic E-state index is 0.603. The molecular weight excluding hydrogens is 253 g/mol. The molecule has 2 rings (SSSR count). The summed E-state index contributed by atoms with van der Waals surface area (Å²) in [5, 5.41) is 1.76. The van der Waals surface area contributed by atoms with Crippen LogP contribution >= 0.6 is 23.2 Å². The Kier molecular flexibility index (Phi) is 3.90. The molecule has 0 fully saturated rings. The molecular formula is C14H15Cl2N. The van der Waals surface area contributed by atoms with Gasteiger partial charge >= 0.3 is 0 Å². The summed E-state index contributed by atoms with van der Waals surface area (Å²) in [5.41, 5.74) is 4.58. The maximum atomic E-state index is 6.18. The van der Waals surface area contributed by atoms with Crippen LogP contribution in [0.4, 0.5) is 0 Å². The molecule has 3 heteroatoms. The molecule has 0 atom stereocenters. The molecule has 0 saturated heterocycles. The Bertz CT molecular complexity index is 549. The zero-order valence-electron chi connectivity index (χ0n) is 10.1. The Morgan fingerprint density at radius 2 is 1.82 bits per heavy atom. The molecule has 0 saturated carbocycles. The van der Waals surface area contributed by atoms with Crippen LogP contribution in [0.1, 0.15) is 23.1 Å². The summed E-state index contributed by atoms with van der Waals surface area (Å²) in [6.45, 7) is 4.20. The number of nitrogens with zero attached hydrogens (tertiary/aromatic N) is 1. The molecule has 1 aromatic carbocycles. The molecule has 0 spiro atoms. The van der Waals surface area contributed by atoms with Crippen LogP contribution in [0.25, 0.3) is 10.9 Å². The monoisotopic (exact) mass is 267 g/mol. The average Bonchev–Trinajstić information content (AvgIpc) is 2.29. The number of aromatic nitrogens is 1. The first kappa shape index (κ1) is 12.7. The number of rotatable bonds is 3. The van der Waals surface area contributed by atoms with E-state index in [1.165, 1.54) is 11.1 Å². The Labute approximate surface area is 112 Å². The van der Waals surface area contributed by atoms with Crippen LogP contribution in [0.2, 0.25) is 5.15 Å². The topological polar surface area (TPSA) is 12.9 Å². The summed E-state index contributed by atoms with van der Waals surface area (Å²) < 4.78 is 0. The van der Waals surface area contributed by atoms with Crippen LogP contribution in [0.5, 0.6) is 0 Å². The average molecular weight is 268 g/mol. The van der Waals surface area contributed by atoms with Gasteiger partial charge < -0.3 is 0 Å². The van der Waals surface area contributed by atoms with Crippen LogP contribution in [0.15, 0.2) is 18.2 Å². The number of benzene rings is 1. The van der Waals surface area contributed by atoms with E-state index in [9.17, 15) is 0 Å². The van der Waals surface area contributed by atoms with E-state index in [0.717, 1.165) is 29.3 Å². The standard InChI is InChI=1S/C14H15Cl2N/c1-9-6-12-8-11(4-3-5-15)14(16)17-13(12)7-10(9)2/h6-8H,3-5H2,1-2H3. The van der Waals surface area contributed by atoms with Gasteiger partial charge in [0.15, 0.2) is 0 Å². The van der Waals surface area contributed by atoms with E-state index in [1.807, 2.05) is 0 Å². The van der Waals surface area contributed by atoms with Crippen LogP contribution in [-0.4, -0.2) is 10.9 Å². The molecule has 0 N–H and O–H groups in total. The molecule has 0 amide bonds. The third-order valence-corrected chi connectivity index (χ3v) is 3.63. The molecule has 0 aliphatic heterocycles. The highest BCUT2D eigenvalue weighted by molar-refractivity contribution is 6.30. The molecule has 90 valence electrons. The fraction of sp³-hybridized carbons (Fsp3) is 0.357. The second-order valence-electron chi connectivity index (χ2n) is 4.36. The first-order chi connectivity index (χ1) is 8.11. The van der Waals surface area contributed by atoms with Gasteiger partial charge in [0.2, 0.25) is 0 Å². The number of hydrogen-bond acceptors (Lipinski definition) is 1. The van der Waals surface area contributed by atoms with Crippen molar-refractivity contribution < 1.29 is 0 Å². The number of fused-ring (bicyclic) bond motifs is 1. The fourth-order valence-corrected chi connectivity index (χ4v) is 2.27. The summed E-state index contributed by atoms with van der Waals surface area (Å²) in [5.74, 6) is 0.654. The summed E-state index contributed by atoms with van der Waals surface area (Å²) in [7, 11) is 0. The van der Waals surface area contributed by atoms with Crippen molar-refractivity contribution in [3.63, 3.8) is 0 Å². The predicted molar refractivity (Wildman–Crippen MR) is 75.3 cm³/mol. The molecule has 2 aromatic rings. The SMILES string of the molecule is Cc1cc2cc(CCCCl)c(Cl)nc2cc1C. The van der Waals surface area contributed by atoms with Gasteiger partial charge in [0.25, 0.3) is 0 Å². The second kappa shape index (κ2) is 5.24. The van der Waals surface area contributed by atoms with Crippen LogP contribution in [0, 0.1) is 13.8 Å². The Hall–Kier alpha value is -0.790. The third-order valence-electron chi connectivity index (χ3n) is 3.04. The number of alkyl halides is 1. The highest BCUT2D eigenvalue weighted by Gasteiger charge is 2.06. The molecule has 0 radical (unpaired) electrons. The van der Waals surface area contributed by atoms with Crippen LogP contribution < -0.4 is 0 Å². The van der Waals surface area contributed by atoms with E-state index in [4.69, 9.17) is 23.2 Å². The van der Waals surface area contributed by atoms with Crippen molar-refractivity contribution in [1.82, 2.24) is 4.98 Å². The van der Waals surface area contributed by atoms with Crippen molar-refractivity contribution >= 4 is 34.1 Å². The third kappa shape index (κ3) is 2.72. The van der Waals surface area contributed by atoms with Crippen molar-refractivity contribution in [2.45, 2.75) is 26.7 Å². The summed E-state index contributed by atoms with van der Waals surface area (Å²) in [6.07, 6.45) is 1.82. The number of hydrogen-bond donors (Lipinski definition) is 0. The quantitative estimate of drug-likeness (QED) is 0.582. The smallest absolute Gasteiger partial charge is 0.132 e. The van der Waals surface area contributed by atoms with Crippen molar-refractivity contribution in [2.24, 2.45) is 0 Å². The molecule has 0 unspecified atom stereocenters. The van der Waals surface area contributed by atoms with Crippen molar-refractivity contribution in [3.8, 4) is 0 Å². The molecule has 0 aliphatic carbocycles. The van der Waals surface area contributed by atoms with E-state index in [2.05, 4.69) is 37.0 Å². The van der Waals surface area contributed by atoms with Crippen molar-refractivity contribution in [3.05, 3.63) is 40.0 Å². The zero-order chi connectivity index (χ0) is 12.4. The lowest BCUT2D eigenvalue weighted by Gasteiger charge is -2.07. The van der Waals surface area contributed by atoms with E-state index in [0.29, 0.717) is 11.0 Å². The molecule has 0 aliphatic rings. The van der Waals surface area contributed by atoms with E-state index < -0.39 is 0 Å². The van der Waals surface area contributed by atoms with Crippen molar-refractivity contribution in [1.29, 1.82) is 0 Å². The molecule has 17 heavy (non-hydrogen) atoms. The number of pyridine rings is 1. The van der Waals surface area contributed by atoms with E-state index in [1.54, 1.807) is 0 Å². The van der Waals surface area contributed by atoms with Gasteiger partial charge in [-0.25, -0.2) is 4.98 Å². The van der Waals surface area contributed by atoms with Gasteiger partial charge in [-0.3, -0.25) is 0 Å². The van der Waals surface area contributed by atoms with E-state index >= 15 is 0 Å². The zero-order valence-corrected chi connectivity index (χ0v) is 11.6. The largest absolute Gasteiger partial charge is 0.236 e. The lowest BCUT2D eigenvalue weighted by molar-refractivity contribution is 0.924. The maximum absolute atomic E-state index is 6.18. The normalized spacial score (nSPS) is 11.1. The Morgan fingerprint density at radius 1 is 1.12 bits per heavy atom. The maximum Gasteiger partial charge on any atom is 0.132 e. The lowest BCUT2D eigenvalue weighted by atomic mass is 10.0.